The van der Waals surface area contributed by atoms with Gasteiger partial charge in [-0.05, 0) is 30.7 Å². The standard InChI is InChI=1S/C14H21NO3/c1-16-14-10-11(4-7-15)2-3-13(14)18-12-5-8-17-9-6-12/h2-3,10,12H,4-9,15H2,1H3. The third-order valence-electron chi connectivity index (χ3n) is 3.12. The van der Waals surface area contributed by atoms with Crippen LogP contribution < -0.4 is 15.2 Å². The second-order valence-corrected chi connectivity index (χ2v) is 4.45. The van der Waals surface area contributed by atoms with Gasteiger partial charge in [0.15, 0.2) is 11.5 Å². The van der Waals surface area contributed by atoms with E-state index < -0.39 is 0 Å². The minimum atomic E-state index is 0.230. The summed E-state index contributed by atoms with van der Waals surface area (Å²) in [6.07, 6.45) is 2.96. The Bertz CT molecular complexity index is 375. The molecule has 100 valence electrons. The van der Waals surface area contributed by atoms with Crippen molar-refractivity contribution in [2.45, 2.75) is 25.4 Å². The molecule has 1 aromatic carbocycles. The van der Waals surface area contributed by atoms with E-state index in [0.717, 1.165) is 44.0 Å². The first kappa shape index (κ1) is 13.2. The van der Waals surface area contributed by atoms with E-state index >= 15 is 0 Å². The van der Waals surface area contributed by atoms with Crippen LogP contribution in [-0.4, -0.2) is 33.0 Å². The van der Waals surface area contributed by atoms with Gasteiger partial charge in [-0.1, -0.05) is 6.07 Å². The SMILES string of the molecule is COc1cc(CCN)ccc1OC1CCOCC1. The highest BCUT2D eigenvalue weighted by Crippen LogP contribution is 2.30. The number of hydrogen-bond acceptors (Lipinski definition) is 4. The first-order valence-electron chi connectivity index (χ1n) is 6.45. The smallest absolute Gasteiger partial charge is 0.161 e. The van der Waals surface area contributed by atoms with Gasteiger partial charge in [-0.3, -0.25) is 0 Å². The van der Waals surface area contributed by atoms with Crippen LogP contribution in [-0.2, 0) is 11.2 Å². The quantitative estimate of drug-likeness (QED) is 0.866. The molecule has 1 heterocycles. The van der Waals surface area contributed by atoms with E-state index in [4.69, 9.17) is 19.9 Å². The van der Waals surface area contributed by atoms with Crippen molar-refractivity contribution in [1.29, 1.82) is 0 Å². The highest BCUT2D eigenvalue weighted by atomic mass is 16.5. The van der Waals surface area contributed by atoms with Crippen molar-refractivity contribution in [3.05, 3.63) is 23.8 Å². The minimum Gasteiger partial charge on any atom is -0.493 e. The maximum Gasteiger partial charge on any atom is 0.161 e. The van der Waals surface area contributed by atoms with Crippen LogP contribution >= 0.6 is 0 Å². The van der Waals surface area contributed by atoms with Crippen LogP contribution in [0.25, 0.3) is 0 Å². The highest BCUT2D eigenvalue weighted by molar-refractivity contribution is 5.43. The molecule has 1 aliphatic heterocycles. The molecule has 4 nitrogen and oxygen atoms in total. The van der Waals surface area contributed by atoms with Gasteiger partial charge >= 0.3 is 0 Å². The topological polar surface area (TPSA) is 53.7 Å². The Balaban J connectivity index is 2.06. The molecule has 0 spiro atoms. The lowest BCUT2D eigenvalue weighted by Gasteiger charge is -2.24. The lowest BCUT2D eigenvalue weighted by atomic mass is 10.1. The fraction of sp³-hybridized carbons (Fsp3) is 0.571. The van der Waals surface area contributed by atoms with Crippen molar-refractivity contribution < 1.29 is 14.2 Å². The molecule has 1 saturated heterocycles. The molecule has 0 aliphatic carbocycles. The normalized spacial score (nSPS) is 16.6. The molecule has 0 unspecified atom stereocenters. The van der Waals surface area contributed by atoms with Crippen molar-refractivity contribution in [3.63, 3.8) is 0 Å². The van der Waals surface area contributed by atoms with Crippen molar-refractivity contribution in [2.75, 3.05) is 26.9 Å². The molecule has 0 saturated carbocycles. The average Bonchev–Trinajstić information content (AvgIpc) is 2.42. The van der Waals surface area contributed by atoms with Crippen LogP contribution in [0.2, 0.25) is 0 Å². The van der Waals surface area contributed by atoms with Crippen LogP contribution in [0.15, 0.2) is 18.2 Å². The molecule has 0 atom stereocenters. The second-order valence-electron chi connectivity index (χ2n) is 4.45. The van der Waals surface area contributed by atoms with Gasteiger partial charge in [0.2, 0.25) is 0 Å². The maximum absolute atomic E-state index is 5.97. The third kappa shape index (κ3) is 3.37. The number of methoxy groups -OCH3 is 1. The first-order valence-corrected chi connectivity index (χ1v) is 6.45. The molecule has 4 heteroatoms. The van der Waals surface area contributed by atoms with Gasteiger partial charge in [-0.2, -0.15) is 0 Å². The Labute approximate surface area is 108 Å². The molecule has 2 rings (SSSR count). The van der Waals surface area contributed by atoms with Crippen molar-refractivity contribution >= 4 is 0 Å². The summed E-state index contributed by atoms with van der Waals surface area (Å²) in [5, 5.41) is 0. The largest absolute Gasteiger partial charge is 0.493 e. The van der Waals surface area contributed by atoms with Crippen molar-refractivity contribution in [2.24, 2.45) is 5.73 Å². The molecule has 1 aliphatic rings. The van der Waals surface area contributed by atoms with Crippen LogP contribution in [0.1, 0.15) is 18.4 Å². The Kier molecular flexibility index (Phi) is 4.84. The summed E-state index contributed by atoms with van der Waals surface area (Å²) in [7, 11) is 1.67. The number of nitrogens with two attached hydrogens (primary N) is 1. The molecule has 0 radical (unpaired) electrons. The van der Waals surface area contributed by atoms with Gasteiger partial charge in [0.1, 0.15) is 6.10 Å². The molecule has 0 amide bonds. The van der Waals surface area contributed by atoms with Crippen LogP contribution in [0.5, 0.6) is 11.5 Å². The van der Waals surface area contributed by atoms with E-state index in [2.05, 4.69) is 0 Å². The van der Waals surface area contributed by atoms with E-state index in [1.54, 1.807) is 7.11 Å². The summed E-state index contributed by atoms with van der Waals surface area (Å²) in [6.45, 7) is 2.19. The summed E-state index contributed by atoms with van der Waals surface area (Å²) in [6, 6.07) is 6.02. The van der Waals surface area contributed by atoms with E-state index in [0.29, 0.717) is 6.54 Å². The minimum absolute atomic E-state index is 0.230. The van der Waals surface area contributed by atoms with Gasteiger partial charge < -0.3 is 19.9 Å². The number of hydrogen-bond donors (Lipinski definition) is 1. The van der Waals surface area contributed by atoms with Crippen LogP contribution in [0.3, 0.4) is 0 Å². The third-order valence-corrected chi connectivity index (χ3v) is 3.12. The molecule has 18 heavy (non-hydrogen) atoms. The predicted octanol–water partition coefficient (Wildman–Crippen LogP) is 1.75. The molecular weight excluding hydrogens is 230 g/mol. The lowest BCUT2D eigenvalue weighted by Crippen LogP contribution is -2.26. The summed E-state index contributed by atoms with van der Waals surface area (Å²) < 4.78 is 16.7. The van der Waals surface area contributed by atoms with Gasteiger partial charge in [0.05, 0.1) is 20.3 Å². The fourth-order valence-electron chi connectivity index (χ4n) is 2.10. The Morgan fingerprint density at radius 3 is 2.72 bits per heavy atom. The average molecular weight is 251 g/mol. The summed E-state index contributed by atoms with van der Waals surface area (Å²) in [5.41, 5.74) is 6.73. The predicted molar refractivity (Wildman–Crippen MR) is 70.2 cm³/mol. The van der Waals surface area contributed by atoms with E-state index in [9.17, 15) is 0 Å². The summed E-state index contributed by atoms with van der Waals surface area (Å²) in [5.74, 6) is 1.60. The number of ether oxygens (including phenoxy) is 3. The summed E-state index contributed by atoms with van der Waals surface area (Å²) >= 11 is 0. The molecular formula is C14H21NO3. The Morgan fingerprint density at radius 1 is 1.28 bits per heavy atom. The maximum atomic E-state index is 5.97. The summed E-state index contributed by atoms with van der Waals surface area (Å²) in [4.78, 5) is 0. The molecule has 1 fully saturated rings. The van der Waals surface area contributed by atoms with Gasteiger partial charge in [-0.25, -0.2) is 0 Å². The highest BCUT2D eigenvalue weighted by Gasteiger charge is 2.17. The number of benzene rings is 1. The zero-order valence-corrected chi connectivity index (χ0v) is 10.9. The van der Waals surface area contributed by atoms with Crippen molar-refractivity contribution in [3.8, 4) is 11.5 Å². The van der Waals surface area contributed by atoms with Crippen LogP contribution in [0.4, 0.5) is 0 Å². The van der Waals surface area contributed by atoms with Gasteiger partial charge in [-0.15, -0.1) is 0 Å². The van der Waals surface area contributed by atoms with Gasteiger partial charge in [0.25, 0.3) is 0 Å². The Hall–Kier alpha value is -1.26. The monoisotopic (exact) mass is 251 g/mol. The van der Waals surface area contributed by atoms with Crippen LogP contribution in [0, 0.1) is 0 Å². The zero-order chi connectivity index (χ0) is 12.8. The van der Waals surface area contributed by atoms with Crippen molar-refractivity contribution in [1.82, 2.24) is 0 Å². The lowest BCUT2D eigenvalue weighted by molar-refractivity contribution is 0.0245. The van der Waals surface area contributed by atoms with E-state index in [-0.39, 0.29) is 6.10 Å². The molecule has 0 bridgehead atoms. The Morgan fingerprint density at radius 2 is 2.06 bits per heavy atom. The van der Waals surface area contributed by atoms with E-state index in [1.807, 2.05) is 18.2 Å². The second kappa shape index (κ2) is 6.61. The molecule has 2 N–H and O–H groups in total. The van der Waals surface area contributed by atoms with E-state index in [1.165, 1.54) is 5.56 Å². The molecule has 1 aromatic rings. The van der Waals surface area contributed by atoms with Gasteiger partial charge in [0, 0.05) is 12.8 Å². The molecule has 0 aromatic heterocycles. The fourth-order valence-corrected chi connectivity index (χ4v) is 2.10. The number of rotatable bonds is 5. The first-order chi connectivity index (χ1) is 8.83. The zero-order valence-electron chi connectivity index (χ0n) is 10.9.